The van der Waals surface area contributed by atoms with Crippen molar-refractivity contribution in [3.05, 3.63) is 52.5 Å². The lowest BCUT2D eigenvalue weighted by molar-refractivity contribution is 1.13. The van der Waals surface area contributed by atoms with Gasteiger partial charge in [0.1, 0.15) is 4.99 Å². The number of thiocarbonyl (C=S) groups is 1. The minimum atomic E-state index is 0.395. The van der Waals surface area contributed by atoms with Gasteiger partial charge in [0.05, 0.1) is 5.69 Å². The number of rotatable bonds is 4. The van der Waals surface area contributed by atoms with Gasteiger partial charge >= 0.3 is 0 Å². The molecule has 0 heterocycles. The molecule has 0 spiro atoms. The molecule has 0 atom stereocenters. The summed E-state index contributed by atoms with van der Waals surface area (Å²) < 4.78 is 0.929. The molecule has 0 saturated heterocycles. The molecule has 3 N–H and O–H groups in total. The fraction of sp³-hybridized carbons (Fsp3) is 0.133. The van der Waals surface area contributed by atoms with E-state index in [-0.39, 0.29) is 0 Å². The highest BCUT2D eigenvalue weighted by Gasteiger charge is 2.04. The van der Waals surface area contributed by atoms with Crippen LogP contribution in [0.1, 0.15) is 5.56 Å². The third-order valence-corrected chi connectivity index (χ3v) is 3.79. The van der Waals surface area contributed by atoms with Crippen LogP contribution in [0.25, 0.3) is 0 Å². The topological polar surface area (TPSA) is 41.3 Å². The molecule has 2 aromatic rings. The molecule has 0 aliphatic carbocycles. The molecule has 2 rings (SSSR count). The maximum atomic E-state index is 5.62. The fourth-order valence-electron chi connectivity index (χ4n) is 1.79. The smallest absolute Gasteiger partial charge is 0.104 e. The zero-order valence-electron chi connectivity index (χ0n) is 11.4. The zero-order valence-corrected chi connectivity index (χ0v) is 13.8. The van der Waals surface area contributed by atoms with Crippen molar-refractivity contribution in [1.82, 2.24) is 0 Å². The first-order valence-electron chi connectivity index (χ1n) is 6.11. The van der Waals surface area contributed by atoms with Gasteiger partial charge in [-0.2, -0.15) is 0 Å². The molecular formula is C15H16BrN3S. The van der Waals surface area contributed by atoms with E-state index in [9.17, 15) is 0 Å². The van der Waals surface area contributed by atoms with Crippen molar-refractivity contribution >= 4 is 50.2 Å². The standard InChI is InChI=1S/C15H16BrN3S/c1-19(2)12-5-3-4-11(9-12)18-14-7-6-10(15(17)20)8-13(14)16/h3-9,18H,1-2H3,(H2,17,20). The first-order chi connectivity index (χ1) is 9.47. The van der Waals surface area contributed by atoms with Crippen LogP contribution < -0.4 is 16.0 Å². The van der Waals surface area contributed by atoms with Gasteiger partial charge in [-0.3, -0.25) is 0 Å². The van der Waals surface area contributed by atoms with E-state index < -0.39 is 0 Å². The van der Waals surface area contributed by atoms with Gasteiger partial charge < -0.3 is 16.0 Å². The Hall–Kier alpha value is -1.59. The van der Waals surface area contributed by atoms with Crippen LogP contribution in [0.5, 0.6) is 0 Å². The second kappa shape index (κ2) is 6.24. The summed E-state index contributed by atoms with van der Waals surface area (Å²) in [5.74, 6) is 0. The molecule has 2 aromatic carbocycles. The Labute approximate surface area is 132 Å². The Balaban J connectivity index is 2.26. The molecule has 0 fully saturated rings. The predicted molar refractivity (Wildman–Crippen MR) is 94.1 cm³/mol. The Morgan fingerprint density at radius 2 is 1.95 bits per heavy atom. The Morgan fingerprint density at radius 1 is 1.20 bits per heavy atom. The summed E-state index contributed by atoms with van der Waals surface area (Å²) >= 11 is 8.50. The van der Waals surface area contributed by atoms with Crippen LogP contribution in [0.2, 0.25) is 0 Å². The van der Waals surface area contributed by atoms with Gasteiger partial charge in [0.25, 0.3) is 0 Å². The average molecular weight is 350 g/mol. The summed E-state index contributed by atoms with van der Waals surface area (Å²) in [6.07, 6.45) is 0. The Kier molecular flexibility index (Phi) is 4.62. The van der Waals surface area contributed by atoms with Gasteiger partial charge in [-0.15, -0.1) is 0 Å². The molecule has 0 aliphatic heterocycles. The number of halogens is 1. The second-order valence-electron chi connectivity index (χ2n) is 4.63. The Morgan fingerprint density at radius 3 is 2.55 bits per heavy atom. The maximum absolute atomic E-state index is 5.62. The highest BCUT2D eigenvalue weighted by Crippen LogP contribution is 2.28. The van der Waals surface area contributed by atoms with E-state index in [0.29, 0.717) is 4.99 Å². The van der Waals surface area contributed by atoms with Crippen molar-refractivity contribution in [1.29, 1.82) is 0 Å². The molecule has 0 bridgehead atoms. The van der Waals surface area contributed by atoms with Crippen LogP contribution in [0.4, 0.5) is 17.1 Å². The highest BCUT2D eigenvalue weighted by atomic mass is 79.9. The maximum Gasteiger partial charge on any atom is 0.104 e. The summed E-state index contributed by atoms with van der Waals surface area (Å²) in [6, 6.07) is 14.0. The number of hydrogen-bond donors (Lipinski definition) is 2. The summed E-state index contributed by atoms with van der Waals surface area (Å²) in [7, 11) is 4.04. The van der Waals surface area contributed by atoms with Crippen molar-refractivity contribution < 1.29 is 0 Å². The highest BCUT2D eigenvalue weighted by molar-refractivity contribution is 9.10. The van der Waals surface area contributed by atoms with E-state index >= 15 is 0 Å². The van der Waals surface area contributed by atoms with Crippen molar-refractivity contribution in [3.8, 4) is 0 Å². The first-order valence-corrected chi connectivity index (χ1v) is 7.31. The van der Waals surface area contributed by atoms with E-state index in [1.54, 1.807) is 0 Å². The summed E-state index contributed by atoms with van der Waals surface area (Å²) in [5, 5.41) is 3.38. The van der Waals surface area contributed by atoms with E-state index in [1.807, 2.05) is 44.4 Å². The van der Waals surface area contributed by atoms with Gasteiger partial charge in [0.2, 0.25) is 0 Å². The van der Waals surface area contributed by atoms with Gasteiger partial charge in [-0.25, -0.2) is 0 Å². The molecule has 0 amide bonds. The lowest BCUT2D eigenvalue weighted by Crippen LogP contribution is -2.09. The van der Waals surface area contributed by atoms with Crippen LogP contribution in [0.15, 0.2) is 46.9 Å². The van der Waals surface area contributed by atoms with Gasteiger partial charge in [0.15, 0.2) is 0 Å². The molecule has 0 aliphatic rings. The number of hydrogen-bond acceptors (Lipinski definition) is 3. The summed E-state index contributed by atoms with van der Waals surface area (Å²) in [5.41, 5.74) is 9.61. The zero-order chi connectivity index (χ0) is 14.7. The van der Waals surface area contributed by atoms with E-state index in [4.69, 9.17) is 18.0 Å². The quantitative estimate of drug-likeness (QED) is 0.821. The molecule has 0 radical (unpaired) electrons. The van der Waals surface area contributed by atoms with Gasteiger partial charge in [0, 0.05) is 35.5 Å². The normalized spacial score (nSPS) is 10.2. The van der Waals surface area contributed by atoms with Crippen molar-refractivity contribution in [2.45, 2.75) is 0 Å². The van der Waals surface area contributed by atoms with Crippen molar-refractivity contribution in [2.24, 2.45) is 5.73 Å². The molecule has 0 aromatic heterocycles. The monoisotopic (exact) mass is 349 g/mol. The largest absolute Gasteiger partial charge is 0.389 e. The minimum absolute atomic E-state index is 0.395. The molecule has 5 heteroatoms. The van der Waals surface area contributed by atoms with Gasteiger partial charge in [-0.05, 0) is 52.3 Å². The first kappa shape index (κ1) is 14.8. The third-order valence-electron chi connectivity index (χ3n) is 2.90. The van der Waals surface area contributed by atoms with E-state index in [1.165, 1.54) is 0 Å². The van der Waals surface area contributed by atoms with Crippen LogP contribution in [-0.4, -0.2) is 19.1 Å². The number of anilines is 3. The molecule has 0 saturated carbocycles. The van der Waals surface area contributed by atoms with Gasteiger partial charge in [-0.1, -0.05) is 18.3 Å². The van der Waals surface area contributed by atoms with Crippen LogP contribution >= 0.6 is 28.1 Å². The minimum Gasteiger partial charge on any atom is -0.389 e. The Bertz CT molecular complexity index is 641. The van der Waals surface area contributed by atoms with Crippen LogP contribution in [0, 0.1) is 0 Å². The lowest BCUT2D eigenvalue weighted by atomic mass is 10.2. The molecule has 3 nitrogen and oxygen atoms in total. The van der Waals surface area contributed by atoms with Crippen LogP contribution in [0.3, 0.4) is 0 Å². The third kappa shape index (κ3) is 3.49. The van der Waals surface area contributed by atoms with Crippen LogP contribution in [-0.2, 0) is 0 Å². The second-order valence-corrected chi connectivity index (χ2v) is 5.92. The molecule has 20 heavy (non-hydrogen) atoms. The number of nitrogens with two attached hydrogens (primary N) is 1. The molecule has 104 valence electrons. The van der Waals surface area contributed by atoms with E-state index in [0.717, 1.165) is 27.1 Å². The predicted octanol–water partition coefficient (Wildman–Crippen LogP) is 3.89. The summed E-state index contributed by atoms with van der Waals surface area (Å²) in [4.78, 5) is 2.46. The number of benzene rings is 2. The lowest BCUT2D eigenvalue weighted by Gasteiger charge is -2.15. The number of nitrogens with one attached hydrogen (secondary N) is 1. The average Bonchev–Trinajstić information content (AvgIpc) is 2.41. The van der Waals surface area contributed by atoms with E-state index in [2.05, 4.69) is 38.3 Å². The number of nitrogens with zero attached hydrogens (tertiary/aromatic N) is 1. The SMILES string of the molecule is CN(C)c1cccc(Nc2ccc(C(N)=S)cc2Br)c1. The molecule has 0 unspecified atom stereocenters. The fourth-order valence-corrected chi connectivity index (χ4v) is 2.39. The molecular weight excluding hydrogens is 334 g/mol. The summed E-state index contributed by atoms with van der Waals surface area (Å²) in [6.45, 7) is 0. The van der Waals surface area contributed by atoms with Crippen molar-refractivity contribution in [3.63, 3.8) is 0 Å². The van der Waals surface area contributed by atoms with Crippen molar-refractivity contribution in [2.75, 3.05) is 24.3 Å².